The average molecular weight is 250 g/mol. The van der Waals surface area contributed by atoms with Crippen LogP contribution in [0.1, 0.15) is 0 Å². The molecule has 4 aromatic rings. The fraction of sp³-hybridized carbons (Fsp3) is 0. The summed E-state index contributed by atoms with van der Waals surface area (Å²) in [6, 6.07) is 14.8. The molecule has 2 heterocycles. The second kappa shape index (κ2) is 3.72. The zero-order chi connectivity index (χ0) is 11.9. The maximum atomic E-state index is 5.32. The lowest BCUT2D eigenvalue weighted by atomic mass is 10.0. The lowest BCUT2D eigenvalue weighted by Crippen LogP contribution is -1.75. The van der Waals surface area contributed by atoms with Gasteiger partial charge in [0.1, 0.15) is 0 Å². The molecule has 0 atom stereocenters. The SMILES string of the molecule is c1cc(-c2scc3ccccc23)c2cocc2c1. The van der Waals surface area contributed by atoms with Crippen molar-refractivity contribution in [3.05, 3.63) is 60.4 Å². The Bertz CT molecular complexity index is 838. The van der Waals surface area contributed by atoms with Gasteiger partial charge in [0.05, 0.1) is 12.5 Å². The summed E-state index contributed by atoms with van der Waals surface area (Å²) in [4.78, 5) is 1.32. The second-order valence-corrected chi connectivity index (χ2v) is 5.21. The molecule has 0 saturated carbocycles. The zero-order valence-electron chi connectivity index (χ0n) is 9.59. The van der Waals surface area contributed by atoms with Gasteiger partial charge in [0.2, 0.25) is 0 Å². The molecule has 0 spiro atoms. The van der Waals surface area contributed by atoms with E-state index in [1.165, 1.54) is 26.6 Å². The van der Waals surface area contributed by atoms with E-state index in [1.54, 1.807) is 17.6 Å². The van der Waals surface area contributed by atoms with Crippen molar-refractivity contribution in [2.45, 2.75) is 0 Å². The van der Waals surface area contributed by atoms with Crippen molar-refractivity contribution >= 4 is 32.9 Å². The van der Waals surface area contributed by atoms with Gasteiger partial charge in [-0.1, -0.05) is 42.5 Å². The van der Waals surface area contributed by atoms with Crippen LogP contribution in [0.25, 0.3) is 32.0 Å². The third kappa shape index (κ3) is 1.33. The van der Waals surface area contributed by atoms with E-state index in [4.69, 9.17) is 4.42 Å². The number of benzene rings is 2. The molecular weight excluding hydrogens is 240 g/mol. The number of rotatable bonds is 1. The summed E-state index contributed by atoms with van der Waals surface area (Å²) in [6.07, 6.45) is 3.63. The molecule has 1 nitrogen and oxygen atoms in total. The summed E-state index contributed by atoms with van der Waals surface area (Å²) >= 11 is 1.79. The van der Waals surface area contributed by atoms with Gasteiger partial charge in [-0.25, -0.2) is 0 Å². The Morgan fingerprint density at radius 3 is 2.67 bits per heavy atom. The topological polar surface area (TPSA) is 13.1 Å². The largest absolute Gasteiger partial charge is 0.471 e. The quantitative estimate of drug-likeness (QED) is 0.446. The molecule has 0 unspecified atom stereocenters. The van der Waals surface area contributed by atoms with Crippen LogP contribution in [0.2, 0.25) is 0 Å². The summed E-state index contributed by atoms with van der Waals surface area (Å²) in [7, 11) is 0. The highest BCUT2D eigenvalue weighted by Crippen LogP contribution is 2.38. The number of fused-ring (bicyclic) bond motifs is 2. The normalized spacial score (nSPS) is 11.3. The smallest absolute Gasteiger partial charge is 0.0987 e. The van der Waals surface area contributed by atoms with Crippen molar-refractivity contribution in [2.75, 3.05) is 0 Å². The third-order valence-corrected chi connectivity index (χ3v) is 4.32. The lowest BCUT2D eigenvalue weighted by molar-refractivity contribution is 0.572. The summed E-state index contributed by atoms with van der Waals surface area (Å²) in [6.45, 7) is 0. The molecule has 0 amide bonds. The van der Waals surface area contributed by atoms with Gasteiger partial charge in [-0.3, -0.25) is 0 Å². The van der Waals surface area contributed by atoms with E-state index in [-0.39, 0.29) is 0 Å². The van der Waals surface area contributed by atoms with Crippen LogP contribution in [-0.4, -0.2) is 0 Å². The van der Waals surface area contributed by atoms with E-state index >= 15 is 0 Å². The Hall–Kier alpha value is -2.06. The molecule has 0 aliphatic heterocycles. The molecule has 2 heteroatoms. The highest BCUT2D eigenvalue weighted by molar-refractivity contribution is 7.15. The molecule has 0 N–H and O–H groups in total. The molecule has 2 aromatic carbocycles. The van der Waals surface area contributed by atoms with Crippen molar-refractivity contribution in [1.82, 2.24) is 0 Å². The fourth-order valence-corrected chi connectivity index (χ4v) is 3.46. The van der Waals surface area contributed by atoms with Crippen LogP contribution in [0, 0.1) is 0 Å². The first kappa shape index (κ1) is 9.92. The molecular formula is C16H10OS. The number of thiophene rings is 1. The van der Waals surface area contributed by atoms with Gasteiger partial charge in [0.15, 0.2) is 0 Å². The second-order valence-electron chi connectivity index (χ2n) is 4.33. The van der Waals surface area contributed by atoms with Crippen LogP contribution in [0.4, 0.5) is 0 Å². The van der Waals surface area contributed by atoms with Crippen LogP contribution in [0.5, 0.6) is 0 Å². The van der Waals surface area contributed by atoms with Crippen LogP contribution >= 0.6 is 11.3 Å². The van der Waals surface area contributed by atoms with E-state index < -0.39 is 0 Å². The highest BCUT2D eigenvalue weighted by atomic mass is 32.1. The maximum Gasteiger partial charge on any atom is 0.0987 e. The zero-order valence-corrected chi connectivity index (χ0v) is 10.4. The first-order chi connectivity index (χ1) is 8.93. The molecule has 4 rings (SSSR count). The third-order valence-electron chi connectivity index (χ3n) is 3.27. The van der Waals surface area contributed by atoms with Crippen molar-refractivity contribution < 1.29 is 4.42 Å². The van der Waals surface area contributed by atoms with Crippen molar-refractivity contribution in [3.63, 3.8) is 0 Å². The van der Waals surface area contributed by atoms with Gasteiger partial charge >= 0.3 is 0 Å². The molecule has 86 valence electrons. The summed E-state index contributed by atoms with van der Waals surface area (Å²) in [5, 5.41) is 7.17. The number of hydrogen-bond acceptors (Lipinski definition) is 2. The molecule has 0 radical (unpaired) electrons. The van der Waals surface area contributed by atoms with Crippen LogP contribution in [0.3, 0.4) is 0 Å². The van der Waals surface area contributed by atoms with Crippen molar-refractivity contribution in [3.8, 4) is 10.4 Å². The van der Waals surface area contributed by atoms with Crippen LogP contribution < -0.4 is 0 Å². The standard InChI is InChI=1S/C16H10OS/c1-2-6-13-12(4-1)10-18-16(13)14-7-3-5-11-8-17-9-15(11)14/h1-10H. The van der Waals surface area contributed by atoms with Crippen molar-refractivity contribution in [1.29, 1.82) is 0 Å². The first-order valence-corrected chi connectivity index (χ1v) is 6.73. The minimum absolute atomic E-state index is 1.16. The maximum absolute atomic E-state index is 5.32. The van der Waals surface area contributed by atoms with Crippen LogP contribution in [0.15, 0.2) is 64.8 Å². The van der Waals surface area contributed by atoms with Gasteiger partial charge in [0, 0.05) is 26.6 Å². The monoisotopic (exact) mass is 250 g/mol. The Morgan fingerprint density at radius 1 is 0.778 bits per heavy atom. The predicted octanol–water partition coefficient (Wildman–Crippen LogP) is 5.31. The molecule has 0 aliphatic carbocycles. The van der Waals surface area contributed by atoms with Gasteiger partial charge in [-0.05, 0) is 10.8 Å². The van der Waals surface area contributed by atoms with Crippen LogP contribution in [-0.2, 0) is 0 Å². The Balaban J connectivity index is 2.10. The molecule has 18 heavy (non-hydrogen) atoms. The fourth-order valence-electron chi connectivity index (χ4n) is 2.39. The number of hydrogen-bond donors (Lipinski definition) is 0. The minimum atomic E-state index is 1.16. The lowest BCUT2D eigenvalue weighted by Gasteiger charge is -2.01. The molecule has 0 saturated heterocycles. The Labute approximate surface area is 108 Å². The summed E-state index contributed by atoms with van der Waals surface area (Å²) in [5.74, 6) is 0. The Morgan fingerprint density at radius 2 is 1.67 bits per heavy atom. The molecule has 0 bridgehead atoms. The predicted molar refractivity (Wildman–Crippen MR) is 77.0 cm³/mol. The average Bonchev–Trinajstić information content (AvgIpc) is 3.05. The molecule has 2 aromatic heterocycles. The first-order valence-electron chi connectivity index (χ1n) is 5.85. The van der Waals surface area contributed by atoms with Crippen molar-refractivity contribution in [2.24, 2.45) is 0 Å². The summed E-state index contributed by atoms with van der Waals surface area (Å²) in [5.41, 5.74) is 1.26. The highest BCUT2D eigenvalue weighted by Gasteiger charge is 2.10. The summed E-state index contributed by atoms with van der Waals surface area (Å²) < 4.78 is 5.32. The minimum Gasteiger partial charge on any atom is -0.471 e. The molecule has 0 aliphatic rings. The molecule has 0 fully saturated rings. The van der Waals surface area contributed by atoms with E-state index in [2.05, 4.69) is 47.8 Å². The van der Waals surface area contributed by atoms with Gasteiger partial charge in [-0.2, -0.15) is 0 Å². The van der Waals surface area contributed by atoms with E-state index in [0.29, 0.717) is 0 Å². The van der Waals surface area contributed by atoms with Gasteiger partial charge in [0.25, 0.3) is 0 Å². The Kier molecular flexibility index (Phi) is 2.05. The van der Waals surface area contributed by atoms with E-state index in [0.717, 1.165) is 5.39 Å². The van der Waals surface area contributed by atoms with E-state index in [9.17, 15) is 0 Å². The number of furan rings is 1. The van der Waals surface area contributed by atoms with Gasteiger partial charge in [-0.15, -0.1) is 11.3 Å². The van der Waals surface area contributed by atoms with E-state index in [1.807, 2.05) is 6.26 Å². The van der Waals surface area contributed by atoms with Gasteiger partial charge < -0.3 is 4.42 Å².